The normalized spacial score (nSPS) is 22.6. The summed E-state index contributed by atoms with van der Waals surface area (Å²) in [5.41, 5.74) is -3.06. The van der Waals surface area contributed by atoms with E-state index in [9.17, 15) is 34.6 Å². The maximum atomic E-state index is 16.0. The first-order valence-corrected chi connectivity index (χ1v) is 15.5. The van der Waals surface area contributed by atoms with Gasteiger partial charge in [0.05, 0.1) is 41.7 Å². The molecule has 1 spiro atoms. The predicted octanol–water partition coefficient (Wildman–Crippen LogP) is 6.42. The van der Waals surface area contributed by atoms with E-state index in [0.717, 1.165) is 32.1 Å². The van der Waals surface area contributed by atoms with Gasteiger partial charge in [-0.3, -0.25) is 34.7 Å². The van der Waals surface area contributed by atoms with Gasteiger partial charge in [0.2, 0.25) is 6.04 Å². The molecule has 16 heteroatoms. The van der Waals surface area contributed by atoms with Gasteiger partial charge in [-0.2, -0.15) is 0 Å². The molecule has 1 saturated carbocycles. The van der Waals surface area contributed by atoms with Crippen LogP contribution in [0.2, 0.25) is 10.0 Å². The Balaban J connectivity index is 0.00000468. The molecule has 3 aromatic rings. The van der Waals surface area contributed by atoms with Crippen LogP contribution in [0.4, 0.5) is 15.8 Å². The van der Waals surface area contributed by atoms with Gasteiger partial charge < -0.3 is 14.8 Å². The second-order valence-electron chi connectivity index (χ2n) is 11.9. The summed E-state index contributed by atoms with van der Waals surface area (Å²) in [6, 6.07) is 7.29. The molecule has 4 atom stereocenters. The van der Waals surface area contributed by atoms with Crippen molar-refractivity contribution in [1.82, 2.24) is 4.90 Å². The van der Waals surface area contributed by atoms with E-state index in [1.165, 1.54) is 37.4 Å². The molecule has 6 rings (SSSR count). The van der Waals surface area contributed by atoms with Crippen molar-refractivity contribution in [1.29, 1.82) is 0 Å². The molecule has 1 amide bonds. The van der Waals surface area contributed by atoms with Crippen LogP contribution in [0.5, 0.6) is 5.75 Å². The van der Waals surface area contributed by atoms with E-state index in [-0.39, 0.29) is 52.5 Å². The summed E-state index contributed by atoms with van der Waals surface area (Å²) in [6.45, 7) is 0.128. The van der Waals surface area contributed by atoms with Gasteiger partial charge in [-0.1, -0.05) is 48.8 Å². The third-order valence-electron chi connectivity index (χ3n) is 9.35. The van der Waals surface area contributed by atoms with Crippen LogP contribution >= 0.6 is 23.2 Å². The zero-order chi connectivity index (χ0) is 34.7. The van der Waals surface area contributed by atoms with Crippen molar-refractivity contribution in [3.63, 3.8) is 0 Å². The van der Waals surface area contributed by atoms with Crippen molar-refractivity contribution in [2.24, 2.45) is 5.92 Å². The highest BCUT2D eigenvalue weighted by atomic mass is 35.5. The Morgan fingerprint density at radius 1 is 1.08 bits per heavy atom. The van der Waals surface area contributed by atoms with E-state index in [0.29, 0.717) is 5.56 Å². The van der Waals surface area contributed by atoms with Gasteiger partial charge in [0, 0.05) is 45.8 Å². The van der Waals surface area contributed by atoms with Gasteiger partial charge in [-0.05, 0) is 43.0 Å². The maximum Gasteiger partial charge on any atom is 0.341 e. The summed E-state index contributed by atoms with van der Waals surface area (Å²) in [6.07, 6.45) is 0.815. The molecule has 2 fully saturated rings. The van der Waals surface area contributed by atoms with E-state index in [1.54, 1.807) is 11.0 Å². The first-order valence-electron chi connectivity index (χ1n) is 14.8. The van der Waals surface area contributed by atoms with Crippen molar-refractivity contribution < 1.29 is 38.1 Å². The van der Waals surface area contributed by atoms with Crippen LogP contribution < -0.4 is 10.1 Å². The molecule has 2 aliphatic heterocycles. The molecule has 1 unspecified atom stereocenters. The Labute approximate surface area is 289 Å². The monoisotopic (exact) mass is 716 g/mol. The van der Waals surface area contributed by atoms with Crippen molar-refractivity contribution in [3.8, 4) is 5.75 Å². The Bertz CT molecular complexity index is 1910. The smallest absolute Gasteiger partial charge is 0.341 e. The van der Waals surface area contributed by atoms with Gasteiger partial charge in [-0.25, -0.2) is 9.18 Å². The number of ether oxygens (including phenoxy) is 2. The number of benzene rings is 3. The predicted molar refractivity (Wildman–Crippen MR) is 177 cm³/mol. The van der Waals surface area contributed by atoms with Crippen LogP contribution in [0.3, 0.4) is 0 Å². The number of carbonyl (C=O) groups excluding carboxylic acids is 3. The second-order valence-corrected chi connectivity index (χ2v) is 12.8. The highest BCUT2D eigenvalue weighted by Crippen LogP contribution is 2.60. The van der Waals surface area contributed by atoms with Crippen molar-refractivity contribution >= 4 is 52.2 Å². The van der Waals surface area contributed by atoms with Gasteiger partial charge in [-0.15, -0.1) is 0 Å². The quantitative estimate of drug-likeness (QED) is 0.107. The molecular formula is C33H31Cl2FN4O9. The van der Waals surface area contributed by atoms with Crippen LogP contribution in [0.25, 0.3) is 0 Å². The molecule has 0 bridgehead atoms. The third-order valence-corrected chi connectivity index (χ3v) is 9.88. The number of rotatable bonds is 10. The Hall–Kier alpha value is -4.66. The Kier molecular flexibility index (Phi) is 9.70. The number of ketones is 1. The average Bonchev–Trinajstić information content (AvgIpc) is 3.77. The lowest BCUT2D eigenvalue weighted by Gasteiger charge is -2.38. The minimum atomic E-state index is -1.89. The zero-order valence-corrected chi connectivity index (χ0v) is 26.9. The number of esters is 1. The lowest BCUT2D eigenvalue weighted by molar-refractivity contribution is -0.528. The molecule has 258 valence electrons. The van der Waals surface area contributed by atoms with Gasteiger partial charge in [0.1, 0.15) is 22.7 Å². The van der Waals surface area contributed by atoms with Gasteiger partial charge >= 0.3 is 5.97 Å². The summed E-state index contributed by atoms with van der Waals surface area (Å²) in [7, 11) is 2.26. The summed E-state index contributed by atoms with van der Waals surface area (Å²) in [4.78, 5) is 66.3. The highest BCUT2D eigenvalue weighted by molar-refractivity contribution is 6.31. The van der Waals surface area contributed by atoms with Crippen molar-refractivity contribution in [2.45, 2.75) is 50.2 Å². The number of nitro benzene ring substituents is 1. The molecule has 0 radical (unpaired) electrons. The zero-order valence-electron chi connectivity index (χ0n) is 25.4. The summed E-state index contributed by atoms with van der Waals surface area (Å²) in [5.74, 6) is -5.17. The van der Waals surface area contributed by atoms with Crippen LogP contribution in [0.1, 0.15) is 64.4 Å². The summed E-state index contributed by atoms with van der Waals surface area (Å²) in [5, 5.41) is 28.1. The molecule has 2 heterocycles. The maximum absolute atomic E-state index is 16.0. The van der Waals surface area contributed by atoms with Crippen molar-refractivity contribution in [3.05, 3.63) is 107 Å². The first-order chi connectivity index (χ1) is 22.8. The second kappa shape index (κ2) is 13.3. The fourth-order valence-corrected chi connectivity index (χ4v) is 7.54. The molecule has 1 N–H and O–H groups in total. The number of halogens is 3. The average molecular weight is 718 g/mol. The number of nitrogens with zero attached hydrogens (tertiary/aromatic N) is 3. The minimum Gasteiger partial charge on any atom is -0.496 e. The third kappa shape index (κ3) is 5.77. The number of fused-ring (bicyclic) bond motifs is 2. The number of hydrogen-bond donors (Lipinski definition) is 1. The lowest BCUT2D eigenvalue weighted by atomic mass is 9.73. The number of likely N-dealkylation sites (tertiary alicyclic amines) is 1. The van der Waals surface area contributed by atoms with Crippen LogP contribution in [0, 0.1) is 32.0 Å². The van der Waals surface area contributed by atoms with E-state index >= 15 is 4.39 Å². The minimum absolute atomic E-state index is 0. The first kappa shape index (κ1) is 35.6. The molecular weight excluding hydrogens is 686 g/mol. The van der Waals surface area contributed by atoms with Gasteiger partial charge in [0.15, 0.2) is 5.78 Å². The number of Topliss-reactive ketones (excluding diaryl/α,β-unsaturated/α-hetero) is 1. The molecule has 0 aromatic heterocycles. The number of hydrogen-bond acceptors (Lipinski definition) is 10. The Morgan fingerprint density at radius 2 is 1.80 bits per heavy atom. The topological polar surface area (TPSA) is 171 Å². The van der Waals surface area contributed by atoms with Crippen molar-refractivity contribution in [2.75, 3.05) is 26.1 Å². The molecule has 1 aliphatic carbocycles. The Morgan fingerprint density at radius 3 is 2.41 bits per heavy atom. The fraction of sp³-hybridized carbons (Fsp3) is 0.364. The van der Waals surface area contributed by atoms with Crippen LogP contribution in [-0.4, -0.2) is 65.3 Å². The number of nitrogens with one attached hydrogen (secondary N) is 1. The standard InChI is InChI=1S/C32H27Cl2FN4O9.CH4/c1-47-26-12-18(23(38(43)44)11-19(26)30(41)48-2)25(40)13-24-29(39(45)46)27(17-4-3-5-21(34)28(17)35)32(37(24)14-15-6-7-15)20-9-8-16(33)10-22(20)36-31(32)42;/h3-5,8-12,15,24,27,29H,6-7,13-14H2,1-2H3,(H,36,42);1H4/t24-,27-,29?,32+;/m0./s1. The molecule has 1 saturated heterocycles. The molecule has 13 nitrogen and oxygen atoms in total. The van der Waals surface area contributed by atoms with E-state index in [2.05, 4.69) is 5.32 Å². The van der Waals surface area contributed by atoms with E-state index < -0.39 is 74.5 Å². The summed E-state index contributed by atoms with van der Waals surface area (Å²) < 4.78 is 25.9. The molecule has 3 aromatic carbocycles. The molecule has 3 aliphatic rings. The summed E-state index contributed by atoms with van der Waals surface area (Å²) >= 11 is 12.4. The SMILES string of the molecule is C.COC(=O)c1cc([N+](=O)[O-])c(C(=O)C[C@H]2C([N+](=O)[O-])[C@H](c3cccc(Cl)c3F)[C@]3(C(=O)Nc4cc(Cl)ccc43)N2CC2CC2)cc1OC. The highest BCUT2D eigenvalue weighted by Gasteiger charge is 2.71. The number of nitro groups is 2. The number of amides is 1. The van der Waals surface area contributed by atoms with Gasteiger partial charge in [0.25, 0.3) is 11.6 Å². The van der Waals surface area contributed by atoms with Crippen LogP contribution in [0.15, 0.2) is 48.5 Å². The largest absolute Gasteiger partial charge is 0.496 e. The fourth-order valence-electron chi connectivity index (χ4n) is 7.18. The lowest BCUT2D eigenvalue weighted by Crippen LogP contribution is -2.53. The van der Waals surface area contributed by atoms with E-state index in [4.69, 9.17) is 32.7 Å². The van der Waals surface area contributed by atoms with E-state index in [1.807, 2.05) is 0 Å². The molecule has 49 heavy (non-hydrogen) atoms. The number of anilines is 1. The number of methoxy groups -OCH3 is 2. The van der Waals surface area contributed by atoms with Crippen LogP contribution in [-0.2, 0) is 15.1 Å². The number of carbonyl (C=O) groups is 3.